The number of guanidine groups is 1. The van der Waals surface area contributed by atoms with Crippen LogP contribution in [0.5, 0.6) is 0 Å². The molecule has 0 radical (unpaired) electrons. The largest absolute Gasteiger partial charge is 0.352 e. The molecule has 0 saturated heterocycles. The van der Waals surface area contributed by atoms with Gasteiger partial charge in [-0.3, -0.25) is 4.99 Å². The number of aliphatic imine (C=N–C) groups is 1. The summed E-state index contributed by atoms with van der Waals surface area (Å²) in [6.45, 7) is 3.46. The fourth-order valence-electron chi connectivity index (χ4n) is 1.90. The van der Waals surface area contributed by atoms with Gasteiger partial charge in [0, 0.05) is 29.5 Å². The van der Waals surface area contributed by atoms with Gasteiger partial charge in [-0.15, -0.1) is 11.3 Å². The molecule has 0 aliphatic carbocycles. The van der Waals surface area contributed by atoms with Gasteiger partial charge in [-0.05, 0) is 25.1 Å². The standard InChI is InChI=1S/C14H18Cl2N4S/c1-9-4-5-11(21-9)8-19-14(17-2)18-7-10-6-12(15)13(16)20(10)3/h4-6H,7-8H2,1-3H3,(H2,17,18,19). The summed E-state index contributed by atoms with van der Waals surface area (Å²) in [5, 5.41) is 7.64. The van der Waals surface area contributed by atoms with E-state index in [9.17, 15) is 0 Å². The van der Waals surface area contributed by atoms with Crippen LogP contribution in [0.15, 0.2) is 23.2 Å². The van der Waals surface area contributed by atoms with Gasteiger partial charge >= 0.3 is 0 Å². The molecule has 2 N–H and O–H groups in total. The summed E-state index contributed by atoms with van der Waals surface area (Å²) >= 11 is 13.8. The van der Waals surface area contributed by atoms with E-state index >= 15 is 0 Å². The van der Waals surface area contributed by atoms with Crippen LogP contribution in [0.3, 0.4) is 0 Å². The zero-order valence-electron chi connectivity index (χ0n) is 12.2. The van der Waals surface area contributed by atoms with Crippen molar-refractivity contribution in [2.45, 2.75) is 20.0 Å². The van der Waals surface area contributed by atoms with Crippen LogP contribution in [-0.4, -0.2) is 17.6 Å². The molecule has 0 aromatic carbocycles. The highest BCUT2D eigenvalue weighted by molar-refractivity contribution is 7.11. The number of nitrogens with zero attached hydrogens (tertiary/aromatic N) is 2. The number of hydrogen-bond donors (Lipinski definition) is 2. The molecule has 0 unspecified atom stereocenters. The summed E-state index contributed by atoms with van der Waals surface area (Å²) in [6, 6.07) is 6.09. The predicted octanol–water partition coefficient (Wildman–Crippen LogP) is 3.57. The Bertz CT molecular complexity index is 645. The first-order chi connectivity index (χ1) is 10.0. The predicted molar refractivity (Wildman–Crippen MR) is 91.5 cm³/mol. The second kappa shape index (κ2) is 7.20. The van der Waals surface area contributed by atoms with Crippen LogP contribution in [0.1, 0.15) is 15.4 Å². The van der Waals surface area contributed by atoms with E-state index in [0.717, 1.165) is 18.2 Å². The maximum Gasteiger partial charge on any atom is 0.191 e. The molecule has 7 heteroatoms. The minimum absolute atomic E-state index is 0.547. The zero-order chi connectivity index (χ0) is 15.4. The van der Waals surface area contributed by atoms with Crippen LogP contribution < -0.4 is 10.6 Å². The Kier molecular flexibility index (Phi) is 5.56. The molecule has 0 fully saturated rings. The highest BCUT2D eigenvalue weighted by atomic mass is 35.5. The topological polar surface area (TPSA) is 41.4 Å². The first-order valence-corrected chi connectivity index (χ1v) is 8.08. The normalized spacial score (nSPS) is 11.8. The maximum absolute atomic E-state index is 6.05. The third kappa shape index (κ3) is 4.15. The summed E-state index contributed by atoms with van der Waals surface area (Å²) in [5.41, 5.74) is 1.000. The van der Waals surface area contributed by atoms with E-state index in [0.29, 0.717) is 16.7 Å². The quantitative estimate of drug-likeness (QED) is 0.657. The Balaban J connectivity index is 1.89. The minimum Gasteiger partial charge on any atom is -0.352 e. The average Bonchev–Trinajstić information content (AvgIpc) is 2.98. The number of rotatable bonds is 4. The van der Waals surface area contributed by atoms with Crippen LogP contribution in [-0.2, 0) is 20.1 Å². The Morgan fingerprint density at radius 2 is 2.00 bits per heavy atom. The van der Waals surface area contributed by atoms with Gasteiger partial charge in [0.2, 0.25) is 0 Å². The molecule has 0 saturated carbocycles. The number of halogens is 2. The lowest BCUT2D eigenvalue weighted by Crippen LogP contribution is -2.36. The van der Waals surface area contributed by atoms with Crippen molar-refractivity contribution in [3.63, 3.8) is 0 Å². The van der Waals surface area contributed by atoms with Gasteiger partial charge in [0.15, 0.2) is 5.96 Å². The highest BCUT2D eigenvalue weighted by Gasteiger charge is 2.09. The smallest absolute Gasteiger partial charge is 0.191 e. The summed E-state index contributed by atoms with van der Waals surface area (Å²) in [4.78, 5) is 6.79. The van der Waals surface area contributed by atoms with Crippen LogP contribution in [0.25, 0.3) is 0 Å². The molecule has 2 aromatic rings. The van der Waals surface area contributed by atoms with Crippen molar-refractivity contribution >= 4 is 40.5 Å². The molecule has 2 heterocycles. The van der Waals surface area contributed by atoms with Gasteiger partial charge in [0.1, 0.15) is 5.15 Å². The lowest BCUT2D eigenvalue weighted by Gasteiger charge is -2.11. The SMILES string of the molecule is CN=C(NCc1ccc(C)s1)NCc1cc(Cl)c(Cl)n1C. The second-order valence-corrected chi connectivity index (χ2v) is 6.76. The van der Waals surface area contributed by atoms with Gasteiger partial charge in [-0.2, -0.15) is 0 Å². The molecule has 114 valence electrons. The van der Waals surface area contributed by atoms with Gasteiger partial charge in [-0.25, -0.2) is 0 Å². The zero-order valence-corrected chi connectivity index (χ0v) is 14.5. The first-order valence-electron chi connectivity index (χ1n) is 6.50. The minimum atomic E-state index is 0.547. The molecule has 4 nitrogen and oxygen atoms in total. The summed E-state index contributed by atoms with van der Waals surface area (Å²) < 4.78 is 1.85. The van der Waals surface area contributed by atoms with Crippen molar-refractivity contribution in [1.82, 2.24) is 15.2 Å². The Hall–Kier alpha value is -1.17. The summed E-state index contributed by atoms with van der Waals surface area (Å²) in [6.07, 6.45) is 0. The van der Waals surface area contributed by atoms with E-state index < -0.39 is 0 Å². The molecule has 2 aromatic heterocycles. The van der Waals surface area contributed by atoms with Crippen molar-refractivity contribution in [3.05, 3.63) is 43.8 Å². The fraction of sp³-hybridized carbons (Fsp3) is 0.357. The van der Waals surface area contributed by atoms with Crippen molar-refractivity contribution in [3.8, 4) is 0 Å². The lowest BCUT2D eigenvalue weighted by molar-refractivity contribution is 0.752. The van der Waals surface area contributed by atoms with Crippen molar-refractivity contribution in [2.24, 2.45) is 12.0 Å². The molecule has 0 bridgehead atoms. The molecular formula is C14H18Cl2N4S. The van der Waals surface area contributed by atoms with E-state index in [4.69, 9.17) is 23.2 Å². The Morgan fingerprint density at radius 1 is 1.29 bits per heavy atom. The third-order valence-electron chi connectivity index (χ3n) is 3.10. The second-order valence-electron chi connectivity index (χ2n) is 4.63. The Morgan fingerprint density at radius 3 is 2.52 bits per heavy atom. The van der Waals surface area contributed by atoms with E-state index in [1.807, 2.05) is 17.7 Å². The average molecular weight is 345 g/mol. The number of aromatic nitrogens is 1. The van der Waals surface area contributed by atoms with Crippen molar-refractivity contribution < 1.29 is 0 Å². The molecule has 0 amide bonds. The van der Waals surface area contributed by atoms with E-state index in [-0.39, 0.29) is 0 Å². The summed E-state index contributed by atoms with van der Waals surface area (Å²) in [7, 11) is 3.63. The van der Waals surface area contributed by atoms with Crippen molar-refractivity contribution in [1.29, 1.82) is 0 Å². The monoisotopic (exact) mass is 344 g/mol. The fourth-order valence-corrected chi connectivity index (χ4v) is 3.15. The van der Waals surface area contributed by atoms with Crippen LogP contribution in [0.4, 0.5) is 0 Å². The van der Waals surface area contributed by atoms with E-state index in [2.05, 4.69) is 34.7 Å². The number of aryl methyl sites for hydroxylation is 1. The van der Waals surface area contributed by atoms with Crippen molar-refractivity contribution in [2.75, 3.05) is 7.05 Å². The molecule has 0 atom stereocenters. The number of hydrogen-bond acceptors (Lipinski definition) is 2. The van der Waals surface area contributed by atoms with Gasteiger partial charge in [-0.1, -0.05) is 23.2 Å². The maximum atomic E-state index is 6.05. The number of nitrogens with one attached hydrogen (secondary N) is 2. The van der Waals surface area contributed by atoms with Gasteiger partial charge in [0.05, 0.1) is 18.1 Å². The third-order valence-corrected chi connectivity index (χ3v) is 4.95. The van der Waals surface area contributed by atoms with Crippen LogP contribution in [0.2, 0.25) is 10.2 Å². The molecule has 0 aliphatic rings. The van der Waals surface area contributed by atoms with Crippen LogP contribution in [0, 0.1) is 6.92 Å². The summed E-state index contributed by atoms with van der Waals surface area (Å²) in [5.74, 6) is 0.745. The lowest BCUT2D eigenvalue weighted by atomic mass is 10.4. The van der Waals surface area contributed by atoms with Gasteiger partial charge < -0.3 is 15.2 Å². The van der Waals surface area contributed by atoms with Gasteiger partial charge in [0.25, 0.3) is 0 Å². The Labute approximate surface area is 138 Å². The van der Waals surface area contributed by atoms with E-state index in [1.54, 1.807) is 18.4 Å². The molecule has 21 heavy (non-hydrogen) atoms. The first kappa shape index (κ1) is 16.2. The molecule has 2 rings (SSSR count). The molecule has 0 aliphatic heterocycles. The highest BCUT2D eigenvalue weighted by Crippen LogP contribution is 2.24. The van der Waals surface area contributed by atoms with E-state index in [1.165, 1.54) is 9.75 Å². The number of thiophene rings is 1. The van der Waals surface area contributed by atoms with Crippen LogP contribution >= 0.6 is 34.5 Å². The molecular weight excluding hydrogens is 327 g/mol. The molecule has 0 spiro atoms.